The molecular formula is C21H25N3O2S. The van der Waals surface area contributed by atoms with Crippen LogP contribution in [0.15, 0.2) is 41.8 Å². The lowest BCUT2D eigenvalue weighted by Gasteiger charge is -2.38. The maximum atomic E-state index is 13.3. The molecule has 142 valence electrons. The van der Waals surface area contributed by atoms with Crippen LogP contribution in [0.5, 0.6) is 0 Å². The summed E-state index contributed by atoms with van der Waals surface area (Å²) in [6.07, 6.45) is 2.86. The molecule has 3 amide bonds. The Bertz CT molecular complexity index is 829. The van der Waals surface area contributed by atoms with Crippen molar-refractivity contribution in [2.24, 2.45) is 0 Å². The summed E-state index contributed by atoms with van der Waals surface area (Å²) in [6, 6.07) is 12.4. The molecule has 0 bridgehead atoms. The maximum Gasteiger partial charge on any atom is 0.320 e. The number of rotatable bonds is 4. The standard InChI is InChI=1S/C21H25N3O2S/c1-22(2)21(26)24(16-8-9-16)14-19(25)23-12-10-18-17(11-13-27-18)20(23)15-6-4-3-5-7-15/h3-7,11,13,16,20H,8-10,12,14H2,1-2H3. The molecule has 2 aromatic rings. The van der Waals surface area contributed by atoms with E-state index in [9.17, 15) is 9.59 Å². The minimum Gasteiger partial charge on any atom is -0.331 e. The zero-order chi connectivity index (χ0) is 19.0. The molecule has 0 N–H and O–H groups in total. The normalized spacial score (nSPS) is 18.7. The third-order valence-electron chi connectivity index (χ3n) is 5.32. The van der Waals surface area contributed by atoms with Crippen LogP contribution in [-0.2, 0) is 11.2 Å². The first-order valence-electron chi connectivity index (χ1n) is 9.45. The maximum absolute atomic E-state index is 13.3. The van der Waals surface area contributed by atoms with Gasteiger partial charge in [0.05, 0.1) is 6.04 Å². The number of carbonyl (C=O) groups excluding carboxylic acids is 2. The van der Waals surface area contributed by atoms with Crippen LogP contribution in [0.2, 0.25) is 0 Å². The largest absolute Gasteiger partial charge is 0.331 e. The Morgan fingerprint density at radius 2 is 1.89 bits per heavy atom. The van der Waals surface area contributed by atoms with Crippen LogP contribution in [-0.4, -0.2) is 59.9 Å². The number of hydrogen-bond acceptors (Lipinski definition) is 3. The Hall–Kier alpha value is -2.34. The van der Waals surface area contributed by atoms with Gasteiger partial charge in [-0.15, -0.1) is 11.3 Å². The highest BCUT2D eigenvalue weighted by Gasteiger charge is 2.38. The third-order valence-corrected chi connectivity index (χ3v) is 6.32. The van der Waals surface area contributed by atoms with Crippen LogP contribution in [0.1, 0.15) is 34.9 Å². The highest BCUT2D eigenvalue weighted by atomic mass is 32.1. The molecule has 5 nitrogen and oxygen atoms in total. The molecule has 1 aromatic carbocycles. The summed E-state index contributed by atoms with van der Waals surface area (Å²) < 4.78 is 0. The number of thiophene rings is 1. The fraction of sp³-hybridized carbons (Fsp3) is 0.429. The van der Waals surface area contributed by atoms with Gasteiger partial charge in [0.15, 0.2) is 0 Å². The van der Waals surface area contributed by atoms with Gasteiger partial charge in [-0.2, -0.15) is 0 Å². The number of urea groups is 1. The molecule has 1 aliphatic carbocycles. The molecule has 1 aromatic heterocycles. The van der Waals surface area contributed by atoms with E-state index in [1.165, 1.54) is 10.4 Å². The monoisotopic (exact) mass is 383 g/mol. The van der Waals surface area contributed by atoms with Gasteiger partial charge in [0.1, 0.15) is 6.54 Å². The Balaban J connectivity index is 1.61. The summed E-state index contributed by atoms with van der Waals surface area (Å²) in [7, 11) is 3.49. The fourth-order valence-electron chi connectivity index (χ4n) is 3.81. The van der Waals surface area contributed by atoms with E-state index >= 15 is 0 Å². The highest BCUT2D eigenvalue weighted by molar-refractivity contribution is 7.10. The van der Waals surface area contributed by atoms with Gasteiger partial charge in [-0.1, -0.05) is 30.3 Å². The van der Waals surface area contributed by atoms with Crippen molar-refractivity contribution in [2.45, 2.75) is 31.3 Å². The van der Waals surface area contributed by atoms with E-state index < -0.39 is 0 Å². The van der Waals surface area contributed by atoms with E-state index in [2.05, 4.69) is 23.6 Å². The SMILES string of the molecule is CN(C)C(=O)N(CC(=O)N1CCc2sccc2C1c1ccccc1)C1CC1. The van der Waals surface area contributed by atoms with Crippen molar-refractivity contribution in [3.63, 3.8) is 0 Å². The van der Waals surface area contributed by atoms with Gasteiger partial charge >= 0.3 is 6.03 Å². The van der Waals surface area contributed by atoms with E-state index in [0.717, 1.165) is 24.8 Å². The highest BCUT2D eigenvalue weighted by Crippen LogP contribution is 2.38. The van der Waals surface area contributed by atoms with Crippen molar-refractivity contribution in [3.05, 3.63) is 57.8 Å². The third kappa shape index (κ3) is 3.58. The Morgan fingerprint density at radius 1 is 1.15 bits per heavy atom. The zero-order valence-electron chi connectivity index (χ0n) is 15.8. The van der Waals surface area contributed by atoms with E-state index in [0.29, 0.717) is 6.54 Å². The lowest BCUT2D eigenvalue weighted by atomic mass is 9.93. The summed E-state index contributed by atoms with van der Waals surface area (Å²) in [4.78, 5) is 32.5. The fourth-order valence-corrected chi connectivity index (χ4v) is 4.72. The number of amides is 3. The van der Waals surface area contributed by atoms with E-state index in [4.69, 9.17) is 0 Å². The van der Waals surface area contributed by atoms with Crippen LogP contribution < -0.4 is 0 Å². The van der Waals surface area contributed by atoms with E-state index in [-0.39, 0.29) is 30.6 Å². The van der Waals surface area contributed by atoms with E-state index in [1.54, 1.807) is 35.2 Å². The molecule has 0 radical (unpaired) electrons. The molecule has 1 saturated carbocycles. The molecule has 0 saturated heterocycles. The quantitative estimate of drug-likeness (QED) is 0.813. The lowest BCUT2D eigenvalue weighted by molar-refractivity contribution is -0.134. The molecule has 27 heavy (non-hydrogen) atoms. The number of nitrogens with zero attached hydrogens (tertiary/aromatic N) is 3. The number of hydrogen-bond donors (Lipinski definition) is 0. The minimum atomic E-state index is -0.0738. The van der Waals surface area contributed by atoms with Gasteiger partial charge < -0.3 is 14.7 Å². The van der Waals surface area contributed by atoms with Gasteiger partial charge in [-0.05, 0) is 41.8 Å². The van der Waals surface area contributed by atoms with Crippen molar-refractivity contribution in [1.82, 2.24) is 14.7 Å². The van der Waals surface area contributed by atoms with Gasteiger partial charge in [0.25, 0.3) is 0 Å². The topological polar surface area (TPSA) is 43.9 Å². The zero-order valence-corrected chi connectivity index (χ0v) is 16.6. The van der Waals surface area contributed by atoms with Gasteiger partial charge in [-0.25, -0.2) is 4.79 Å². The van der Waals surface area contributed by atoms with Crippen molar-refractivity contribution in [1.29, 1.82) is 0 Å². The molecule has 1 fully saturated rings. The predicted octanol–water partition coefficient (Wildman–Crippen LogP) is 3.37. The van der Waals surface area contributed by atoms with Gasteiger partial charge in [0.2, 0.25) is 5.91 Å². The van der Waals surface area contributed by atoms with Crippen LogP contribution >= 0.6 is 11.3 Å². The first kappa shape index (κ1) is 18.0. The summed E-state index contributed by atoms with van der Waals surface area (Å²) in [5.41, 5.74) is 2.35. The number of carbonyl (C=O) groups is 2. The van der Waals surface area contributed by atoms with Gasteiger partial charge in [-0.3, -0.25) is 4.79 Å². The predicted molar refractivity (Wildman–Crippen MR) is 107 cm³/mol. The van der Waals surface area contributed by atoms with Crippen LogP contribution in [0.25, 0.3) is 0 Å². The molecule has 2 aliphatic rings. The molecule has 4 rings (SSSR count). The average molecular weight is 384 g/mol. The Morgan fingerprint density at radius 3 is 2.56 bits per heavy atom. The molecule has 2 heterocycles. The second kappa shape index (κ2) is 7.35. The Kier molecular flexibility index (Phi) is 4.91. The molecule has 1 aliphatic heterocycles. The smallest absolute Gasteiger partial charge is 0.320 e. The molecular weight excluding hydrogens is 358 g/mol. The van der Waals surface area contributed by atoms with E-state index in [1.807, 2.05) is 23.1 Å². The lowest BCUT2D eigenvalue weighted by Crippen LogP contribution is -2.49. The first-order valence-corrected chi connectivity index (χ1v) is 10.3. The van der Waals surface area contributed by atoms with Crippen molar-refractivity contribution in [3.8, 4) is 0 Å². The molecule has 0 spiro atoms. The number of fused-ring (bicyclic) bond motifs is 1. The molecule has 1 atom stereocenters. The summed E-state index contributed by atoms with van der Waals surface area (Å²) in [6.45, 7) is 0.852. The Labute approximate surface area is 164 Å². The summed E-state index contributed by atoms with van der Waals surface area (Å²) in [5, 5.41) is 2.11. The minimum absolute atomic E-state index is 0.0304. The molecule has 6 heteroatoms. The first-order chi connectivity index (χ1) is 13.1. The summed E-state index contributed by atoms with van der Waals surface area (Å²) >= 11 is 1.77. The van der Waals surface area contributed by atoms with Crippen molar-refractivity contribution in [2.75, 3.05) is 27.2 Å². The molecule has 1 unspecified atom stereocenters. The van der Waals surface area contributed by atoms with Gasteiger partial charge in [0, 0.05) is 31.6 Å². The van der Waals surface area contributed by atoms with Crippen LogP contribution in [0, 0.1) is 0 Å². The van der Waals surface area contributed by atoms with Crippen LogP contribution in [0.3, 0.4) is 0 Å². The summed E-state index contributed by atoms with van der Waals surface area (Å²) in [5.74, 6) is 0.0304. The van der Waals surface area contributed by atoms with Crippen molar-refractivity contribution >= 4 is 23.3 Å². The average Bonchev–Trinajstić information content (AvgIpc) is 3.41. The van der Waals surface area contributed by atoms with Crippen LogP contribution in [0.4, 0.5) is 4.79 Å². The second-order valence-corrected chi connectivity index (χ2v) is 8.49. The second-order valence-electron chi connectivity index (χ2n) is 7.49. The van der Waals surface area contributed by atoms with Crippen molar-refractivity contribution < 1.29 is 9.59 Å². The number of benzene rings is 1.